The largest absolute Gasteiger partial charge is 0.119 e. The summed E-state index contributed by atoms with van der Waals surface area (Å²) in [5, 5.41) is 0. The van der Waals surface area contributed by atoms with Crippen molar-refractivity contribution in [1.82, 2.24) is 0 Å². The summed E-state index contributed by atoms with van der Waals surface area (Å²) in [5.74, 6) is 3.00. The van der Waals surface area contributed by atoms with Crippen LogP contribution in [0.15, 0.2) is 28.7 Å². The Balaban J connectivity index is 2.47. The van der Waals surface area contributed by atoms with Gasteiger partial charge in [0.15, 0.2) is 0 Å². The van der Waals surface area contributed by atoms with E-state index in [1.165, 1.54) is 18.4 Å². The molecule has 72 valence electrons. The zero-order valence-corrected chi connectivity index (χ0v) is 9.68. The molecular weight excluding hydrogens is 236 g/mol. The molecule has 1 aromatic carbocycles. The number of terminal acetylenes is 1. The molecule has 0 atom stereocenters. The molecule has 1 saturated carbocycles. The smallest absolute Gasteiger partial charge is 0.0571 e. The molecule has 0 unspecified atom stereocenters. The van der Waals surface area contributed by atoms with E-state index in [0.29, 0.717) is 0 Å². The lowest BCUT2D eigenvalue weighted by Gasteiger charge is -2.24. The fourth-order valence-corrected chi connectivity index (χ4v) is 2.98. The van der Waals surface area contributed by atoms with Gasteiger partial charge < -0.3 is 0 Å². The molecule has 14 heavy (non-hydrogen) atoms. The number of hydrogen-bond acceptors (Lipinski definition) is 0. The van der Waals surface area contributed by atoms with Crippen LogP contribution in [-0.4, -0.2) is 0 Å². The minimum absolute atomic E-state index is 0.0000926. The normalized spacial score (nSPS) is 19.1. The third-order valence-corrected chi connectivity index (χ3v) is 3.81. The topological polar surface area (TPSA) is 0 Å². The van der Waals surface area contributed by atoms with Crippen molar-refractivity contribution >= 4 is 15.9 Å². The Labute approximate surface area is 93.8 Å². The van der Waals surface area contributed by atoms with Crippen LogP contribution in [0.2, 0.25) is 0 Å². The summed E-state index contributed by atoms with van der Waals surface area (Å²) in [4.78, 5) is 0. The van der Waals surface area contributed by atoms with Gasteiger partial charge in [0.2, 0.25) is 0 Å². The van der Waals surface area contributed by atoms with Crippen LogP contribution < -0.4 is 0 Å². The van der Waals surface area contributed by atoms with Gasteiger partial charge in [-0.25, -0.2) is 0 Å². The molecule has 0 aromatic heterocycles. The second-order valence-corrected chi connectivity index (χ2v) is 4.77. The Morgan fingerprint density at radius 1 is 1.21 bits per heavy atom. The Morgan fingerprint density at radius 2 is 1.86 bits per heavy atom. The highest BCUT2D eigenvalue weighted by molar-refractivity contribution is 9.10. The van der Waals surface area contributed by atoms with Crippen molar-refractivity contribution in [3.05, 3.63) is 34.3 Å². The van der Waals surface area contributed by atoms with Crippen LogP contribution in [0.4, 0.5) is 0 Å². The van der Waals surface area contributed by atoms with Crippen molar-refractivity contribution in [2.75, 3.05) is 0 Å². The maximum absolute atomic E-state index is 5.70. The monoisotopic (exact) mass is 248 g/mol. The first kappa shape index (κ1) is 9.80. The van der Waals surface area contributed by atoms with E-state index in [2.05, 4.69) is 40.0 Å². The first-order valence-electron chi connectivity index (χ1n) is 5.01. The SMILES string of the molecule is C#CC1(c2ccccc2Br)CCCC1. The van der Waals surface area contributed by atoms with E-state index in [4.69, 9.17) is 6.42 Å². The van der Waals surface area contributed by atoms with Crippen LogP contribution in [0, 0.1) is 12.3 Å². The Hall–Kier alpha value is -0.740. The summed E-state index contributed by atoms with van der Waals surface area (Å²) in [6, 6.07) is 8.33. The molecule has 1 aromatic rings. The van der Waals surface area contributed by atoms with Crippen LogP contribution in [0.1, 0.15) is 31.2 Å². The van der Waals surface area contributed by atoms with Gasteiger partial charge in [0.1, 0.15) is 0 Å². The second kappa shape index (κ2) is 3.79. The Bertz CT molecular complexity index is 367. The lowest BCUT2D eigenvalue weighted by atomic mass is 9.80. The standard InChI is InChI=1S/C13H13Br/c1-2-13(9-5-6-10-13)11-7-3-4-8-12(11)14/h1,3-4,7-8H,5-6,9-10H2. The van der Waals surface area contributed by atoms with Gasteiger partial charge in [0, 0.05) is 4.47 Å². The highest BCUT2D eigenvalue weighted by Crippen LogP contribution is 2.43. The van der Waals surface area contributed by atoms with Crippen LogP contribution in [0.5, 0.6) is 0 Å². The Morgan fingerprint density at radius 3 is 2.43 bits per heavy atom. The highest BCUT2D eigenvalue weighted by Gasteiger charge is 2.34. The minimum atomic E-state index is 0.0000926. The van der Waals surface area contributed by atoms with E-state index in [1.54, 1.807) is 0 Å². The lowest BCUT2D eigenvalue weighted by molar-refractivity contribution is 0.579. The van der Waals surface area contributed by atoms with Crippen LogP contribution >= 0.6 is 15.9 Å². The fraction of sp³-hybridized carbons (Fsp3) is 0.385. The van der Waals surface area contributed by atoms with Gasteiger partial charge in [-0.1, -0.05) is 52.9 Å². The van der Waals surface area contributed by atoms with E-state index >= 15 is 0 Å². The molecule has 2 rings (SSSR count). The third-order valence-electron chi connectivity index (χ3n) is 3.12. The van der Waals surface area contributed by atoms with E-state index < -0.39 is 0 Å². The fourth-order valence-electron chi connectivity index (χ4n) is 2.32. The van der Waals surface area contributed by atoms with Crippen molar-refractivity contribution in [2.24, 2.45) is 0 Å². The summed E-state index contributed by atoms with van der Waals surface area (Å²) < 4.78 is 1.15. The number of hydrogen-bond donors (Lipinski definition) is 0. The quantitative estimate of drug-likeness (QED) is 0.662. The zero-order chi connectivity index (χ0) is 10.0. The van der Waals surface area contributed by atoms with E-state index in [-0.39, 0.29) is 5.41 Å². The average Bonchev–Trinajstić information content (AvgIpc) is 2.68. The summed E-state index contributed by atoms with van der Waals surface area (Å²) in [5.41, 5.74) is 1.29. The summed E-state index contributed by atoms with van der Waals surface area (Å²) in [6.45, 7) is 0. The zero-order valence-electron chi connectivity index (χ0n) is 8.09. The number of benzene rings is 1. The third kappa shape index (κ3) is 1.48. The maximum atomic E-state index is 5.70. The molecule has 0 spiro atoms. The summed E-state index contributed by atoms with van der Waals surface area (Å²) in [6.07, 6.45) is 10.5. The van der Waals surface area contributed by atoms with Gasteiger partial charge in [0.25, 0.3) is 0 Å². The molecule has 1 fully saturated rings. The molecule has 0 radical (unpaired) electrons. The summed E-state index contributed by atoms with van der Waals surface area (Å²) in [7, 11) is 0. The highest BCUT2D eigenvalue weighted by atomic mass is 79.9. The van der Waals surface area contributed by atoms with Crippen molar-refractivity contribution < 1.29 is 0 Å². The minimum Gasteiger partial charge on any atom is -0.119 e. The molecule has 1 aliphatic rings. The van der Waals surface area contributed by atoms with E-state index in [0.717, 1.165) is 17.3 Å². The van der Waals surface area contributed by atoms with Gasteiger partial charge >= 0.3 is 0 Å². The van der Waals surface area contributed by atoms with Crippen LogP contribution in [0.25, 0.3) is 0 Å². The lowest BCUT2D eigenvalue weighted by Crippen LogP contribution is -2.19. The second-order valence-electron chi connectivity index (χ2n) is 3.91. The van der Waals surface area contributed by atoms with Crippen molar-refractivity contribution in [1.29, 1.82) is 0 Å². The summed E-state index contributed by atoms with van der Waals surface area (Å²) >= 11 is 3.59. The molecule has 1 heteroatoms. The van der Waals surface area contributed by atoms with Gasteiger partial charge in [-0.3, -0.25) is 0 Å². The molecule has 1 aliphatic carbocycles. The maximum Gasteiger partial charge on any atom is 0.0571 e. The Kier molecular flexibility index (Phi) is 2.65. The van der Waals surface area contributed by atoms with Crippen molar-refractivity contribution in [3.8, 4) is 12.3 Å². The van der Waals surface area contributed by atoms with E-state index in [1.807, 2.05) is 6.07 Å². The molecule has 0 bridgehead atoms. The molecule has 0 heterocycles. The molecular formula is C13H13Br. The van der Waals surface area contributed by atoms with Gasteiger partial charge in [-0.15, -0.1) is 6.42 Å². The molecule has 0 amide bonds. The molecule has 0 saturated heterocycles. The first-order chi connectivity index (χ1) is 6.78. The van der Waals surface area contributed by atoms with Gasteiger partial charge in [-0.05, 0) is 24.5 Å². The van der Waals surface area contributed by atoms with E-state index in [9.17, 15) is 0 Å². The van der Waals surface area contributed by atoms with Crippen LogP contribution in [0.3, 0.4) is 0 Å². The molecule has 0 N–H and O–H groups in total. The van der Waals surface area contributed by atoms with Crippen molar-refractivity contribution in [2.45, 2.75) is 31.1 Å². The number of rotatable bonds is 1. The van der Waals surface area contributed by atoms with Crippen molar-refractivity contribution in [3.63, 3.8) is 0 Å². The number of halogens is 1. The molecule has 0 nitrogen and oxygen atoms in total. The molecule has 0 aliphatic heterocycles. The predicted octanol–water partition coefficient (Wildman–Crippen LogP) is 3.89. The van der Waals surface area contributed by atoms with Crippen LogP contribution in [-0.2, 0) is 5.41 Å². The van der Waals surface area contributed by atoms with Gasteiger partial charge in [0.05, 0.1) is 5.41 Å². The average molecular weight is 249 g/mol. The first-order valence-corrected chi connectivity index (χ1v) is 5.81. The predicted molar refractivity (Wildman–Crippen MR) is 63.1 cm³/mol. The van der Waals surface area contributed by atoms with Gasteiger partial charge in [-0.2, -0.15) is 0 Å².